The molecule has 4 heterocycles. The van der Waals surface area contributed by atoms with Crippen molar-refractivity contribution in [3.8, 4) is 11.4 Å². The molecular weight excluding hydrogens is 796 g/mol. The van der Waals surface area contributed by atoms with Crippen molar-refractivity contribution in [2.24, 2.45) is 22.9 Å². The van der Waals surface area contributed by atoms with Gasteiger partial charge in [0.15, 0.2) is 17.7 Å². The minimum atomic E-state index is -3.18. The second-order valence-electron chi connectivity index (χ2n) is 17.4. The van der Waals surface area contributed by atoms with Gasteiger partial charge in [-0.1, -0.05) is 63.2 Å². The number of fused-ring (bicyclic) bond motifs is 1. The zero-order chi connectivity index (χ0) is 45.0. The van der Waals surface area contributed by atoms with Gasteiger partial charge >= 0.3 is 12.1 Å². The van der Waals surface area contributed by atoms with Crippen LogP contribution < -0.4 is 5.43 Å². The molecule has 3 fully saturated rings. The van der Waals surface area contributed by atoms with Crippen molar-refractivity contribution in [1.29, 1.82) is 0 Å². The number of nitrogens with zero attached hydrogens (tertiary/aromatic N) is 7. The topological polar surface area (TPSA) is 201 Å². The molecule has 13 atom stereocenters. The van der Waals surface area contributed by atoms with E-state index in [0.717, 1.165) is 12.5 Å². The molecule has 3 aliphatic rings. The van der Waals surface area contributed by atoms with Crippen LogP contribution in [0.5, 0.6) is 0 Å². The number of methoxy groups -OCH3 is 1. The number of likely N-dealkylation sites (N-methyl/N-ethyl adjacent to an activating group) is 1. The molecule has 1 aromatic carbocycles. The number of carbonyl (C=O) groups excluding carboxylic acids is 3. The number of aromatic nitrogens is 4. The number of hydrogen-bond donors (Lipinski definition) is 2. The molecule has 61 heavy (non-hydrogen) atoms. The second-order valence-corrected chi connectivity index (χ2v) is 17.4. The molecule has 3 saturated heterocycles. The molecule has 1 aromatic heterocycles. The highest BCUT2D eigenvalue weighted by molar-refractivity contribution is 6.08. The number of aliphatic hydroxyl groups excluding tert-OH is 1. The molecule has 0 saturated carbocycles. The van der Waals surface area contributed by atoms with Gasteiger partial charge in [-0.3, -0.25) is 4.79 Å². The van der Waals surface area contributed by atoms with Crippen molar-refractivity contribution in [2.75, 3.05) is 34.9 Å². The number of tetrazole rings is 1. The molecule has 18 nitrogen and oxygen atoms in total. The minimum absolute atomic E-state index is 0.0933. The summed E-state index contributed by atoms with van der Waals surface area (Å²) in [5, 5.41) is 30.2. The van der Waals surface area contributed by atoms with E-state index >= 15 is 4.39 Å². The molecule has 0 spiro atoms. The monoisotopic (exact) mass is 860 g/mol. The maximum absolute atomic E-state index is 17.0. The predicted molar refractivity (Wildman–Crippen MR) is 220 cm³/mol. The number of halogens is 1. The third kappa shape index (κ3) is 9.91. The van der Waals surface area contributed by atoms with Gasteiger partial charge in [0.2, 0.25) is 5.82 Å². The Morgan fingerprint density at radius 1 is 1.07 bits per heavy atom. The Morgan fingerprint density at radius 3 is 2.38 bits per heavy atom. The lowest BCUT2D eigenvalue weighted by molar-refractivity contribution is -0.295. The van der Waals surface area contributed by atoms with Crippen LogP contribution in [0.15, 0.2) is 35.5 Å². The van der Waals surface area contributed by atoms with Gasteiger partial charge in [-0.2, -0.15) is 4.80 Å². The number of aliphatic hydroxyl groups is 1. The SMILES string of the molecule is CC[C@H]1OC(=O)[C@@](C)(F)C(=O)C(C)[C@@H](O[C@@H]2O[C@H](C)C[C@H](N(C)C)C2O)[C@](C)(OC)C[C@@H](C)/C(=N\OC)[C@H](C)[C@H]2N(NCCCn3nnc(-c4ccccc4)n3)C(=O)O[C@]12C. The maximum atomic E-state index is 17.0. The van der Waals surface area contributed by atoms with Gasteiger partial charge < -0.3 is 38.5 Å². The number of Topliss-reactive ketones (excluding diaryl/α,β-unsaturated/α-hetero) is 1. The van der Waals surface area contributed by atoms with Crippen molar-refractivity contribution in [2.45, 2.75) is 147 Å². The van der Waals surface area contributed by atoms with Crippen LogP contribution in [0.1, 0.15) is 81.1 Å². The van der Waals surface area contributed by atoms with Crippen LogP contribution >= 0.6 is 0 Å². The molecule has 19 heteroatoms. The summed E-state index contributed by atoms with van der Waals surface area (Å²) in [4.78, 5) is 51.1. The van der Waals surface area contributed by atoms with Crippen molar-refractivity contribution in [3.63, 3.8) is 0 Å². The number of amides is 1. The summed E-state index contributed by atoms with van der Waals surface area (Å²) in [7, 11) is 6.53. The molecule has 0 radical (unpaired) electrons. The molecule has 2 unspecified atom stereocenters. The number of aryl methyl sites for hydroxylation is 1. The van der Waals surface area contributed by atoms with Gasteiger partial charge in [0.25, 0.3) is 5.67 Å². The van der Waals surface area contributed by atoms with E-state index in [1.54, 1.807) is 20.8 Å². The summed E-state index contributed by atoms with van der Waals surface area (Å²) >= 11 is 0. The zero-order valence-corrected chi connectivity index (χ0v) is 37.5. The van der Waals surface area contributed by atoms with Gasteiger partial charge in [-0.05, 0) is 72.7 Å². The number of cyclic esters (lactones) is 1. The lowest BCUT2D eigenvalue weighted by atomic mass is 9.73. The first-order valence-corrected chi connectivity index (χ1v) is 21.1. The molecule has 2 aromatic rings. The third-order valence-electron chi connectivity index (χ3n) is 12.6. The van der Waals surface area contributed by atoms with E-state index in [9.17, 15) is 19.5 Å². The zero-order valence-electron chi connectivity index (χ0n) is 37.5. The van der Waals surface area contributed by atoms with Gasteiger partial charge in [-0.25, -0.2) is 24.4 Å². The van der Waals surface area contributed by atoms with Crippen molar-refractivity contribution >= 4 is 23.6 Å². The molecule has 0 aliphatic carbocycles. The Kier molecular flexibility index (Phi) is 15.3. The lowest BCUT2D eigenvalue weighted by Crippen LogP contribution is -2.62. The number of nitrogens with one attached hydrogen (secondary N) is 1. The number of carbonyl (C=O) groups is 3. The first-order valence-electron chi connectivity index (χ1n) is 21.1. The number of hydrogen-bond acceptors (Lipinski definition) is 16. The van der Waals surface area contributed by atoms with E-state index < -0.39 is 83.1 Å². The van der Waals surface area contributed by atoms with Crippen molar-refractivity contribution < 1.29 is 52.4 Å². The molecular formula is C42H65FN8O10. The second kappa shape index (κ2) is 19.5. The highest BCUT2D eigenvalue weighted by Gasteiger charge is 2.62. The summed E-state index contributed by atoms with van der Waals surface area (Å²) in [6, 6.07) is 8.20. The van der Waals surface area contributed by atoms with Crippen LogP contribution in [-0.4, -0.2) is 153 Å². The summed E-state index contributed by atoms with van der Waals surface area (Å²) in [5.41, 5.74) is -1.63. The fraction of sp³-hybridized carbons (Fsp3) is 0.738. The van der Waals surface area contributed by atoms with E-state index in [1.807, 2.05) is 70.1 Å². The van der Waals surface area contributed by atoms with Crippen LogP contribution in [0.4, 0.5) is 9.18 Å². The normalized spacial score (nSPS) is 37.3. The average Bonchev–Trinajstić information content (AvgIpc) is 3.80. The standard InChI is InChI=1S/C42H65FN8O10/c1-13-30-42(8)33(51(39(55)61-42)44-20-17-21-50-46-36(45-48-50)28-18-15-14-16-19-28)26(4)31(47-57-12)24(2)23-40(6,56-11)35(27(5)34(53)41(7,43)38(54)59-30)60-37-32(52)29(49(9)10)22-25(3)58-37/h14-16,18-19,24-27,29-30,32-33,35,37,44,52H,13,17,20-23H2,1-12H3/b47-31+/t24-,25-,26+,27?,29+,30-,32?,33-,35-,37+,40-,41+,42-/m1/s1. The number of rotatable bonds is 12. The minimum Gasteiger partial charge on any atom is -0.455 e. The molecule has 0 bridgehead atoms. The van der Waals surface area contributed by atoms with E-state index in [4.69, 9.17) is 28.5 Å². The highest BCUT2D eigenvalue weighted by atomic mass is 19.1. The Hall–Kier alpha value is -4.14. The van der Waals surface area contributed by atoms with Crippen molar-refractivity contribution in [3.05, 3.63) is 30.3 Å². The van der Waals surface area contributed by atoms with E-state index in [-0.39, 0.29) is 31.5 Å². The van der Waals surface area contributed by atoms with E-state index in [2.05, 4.69) is 26.0 Å². The smallest absolute Gasteiger partial charge is 0.425 e. The quantitative estimate of drug-likeness (QED) is 0.134. The number of esters is 1. The first-order chi connectivity index (χ1) is 28.7. The number of oxime groups is 1. The van der Waals surface area contributed by atoms with Crippen molar-refractivity contribution in [1.82, 2.24) is 35.5 Å². The van der Waals surface area contributed by atoms with Gasteiger partial charge in [0, 0.05) is 43.0 Å². The number of benzene rings is 1. The van der Waals surface area contributed by atoms with E-state index in [0.29, 0.717) is 30.9 Å². The lowest BCUT2D eigenvalue weighted by Gasteiger charge is -2.47. The van der Waals surface area contributed by atoms with Crippen LogP contribution in [-0.2, 0) is 44.7 Å². The Morgan fingerprint density at radius 2 is 1.75 bits per heavy atom. The summed E-state index contributed by atoms with van der Waals surface area (Å²) in [6.45, 7) is 13.6. The Labute approximate surface area is 357 Å². The number of alkyl halides is 1. The molecule has 1 amide bonds. The molecule has 5 rings (SSSR count). The number of hydrazine groups is 1. The van der Waals surface area contributed by atoms with Crippen LogP contribution in [0.3, 0.4) is 0 Å². The van der Waals surface area contributed by atoms with Gasteiger partial charge in [-0.15, -0.1) is 10.2 Å². The van der Waals surface area contributed by atoms with E-state index in [1.165, 1.54) is 30.9 Å². The molecule has 2 N–H and O–H groups in total. The Balaban J connectivity index is 1.51. The number of ether oxygens (including phenoxy) is 5. The number of ketones is 1. The fourth-order valence-corrected chi connectivity index (χ4v) is 9.29. The maximum Gasteiger partial charge on any atom is 0.425 e. The fourth-order valence-electron chi connectivity index (χ4n) is 9.29. The largest absolute Gasteiger partial charge is 0.455 e. The summed E-state index contributed by atoms with van der Waals surface area (Å²) < 4.78 is 47.9. The first kappa shape index (κ1) is 47.9. The predicted octanol–water partition coefficient (Wildman–Crippen LogP) is 3.96. The van der Waals surface area contributed by atoms with Gasteiger partial charge in [0.1, 0.15) is 25.4 Å². The van der Waals surface area contributed by atoms with Crippen LogP contribution in [0, 0.1) is 17.8 Å². The van der Waals surface area contributed by atoms with Crippen LogP contribution in [0.25, 0.3) is 11.4 Å². The highest BCUT2D eigenvalue weighted by Crippen LogP contribution is 2.43. The van der Waals surface area contributed by atoms with Crippen LogP contribution in [0.2, 0.25) is 0 Å². The average molecular weight is 861 g/mol. The Bertz CT molecular complexity index is 1850. The van der Waals surface area contributed by atoms with Gasteiger partial charge in [0.05, 0.1) is 30.1 Å². The summed E-state index contributed by atoms with van der Waals surface area (Å²) in [5.74, 6) is -4.58. The molecule has 3 aliphatic heterocycles. The molecule has 340 valence electrons. The summed E-state index contributed by atoms with van der Waals surface area (Å²) in [6.07, 6.45) is -4.76. The third-order valence-corrected chi connectivity index (χ3v) is 12.6.